The van der Waals surface area contributed by atoms with E-state index < -0.39 is 5.97 Å². The van der Waals surface area contributed by atoms with Crippen LogP contribution in [0.4, 0.5) is 5.69 Å². The highest BCUT2D eigenvalue weighted by atomic mass is 32.2. The standard InChI is InChI=1S/C26H25N3O5S/c1-2-33-25(32)16-8-7-9-17(14-16)27-21(30)15-35-26-28-22-19-12-5-6-13-20(19)34-23(22)24(31)29(26)18-10-3-4-11-18/h5-9,12-14,18H,2-4,10-11,15H2,1H3,(H,27,30). The fourth-order valence-corrected chi connectivity index (χ4v) is 5.34. The van der Waals surface area contributed by atoms with Crippen molar-refractivity contribution in [2.24, 2.45) is 0 Å². The van der Waals surface area contributed by atoms with Gasteiger partial charge in [0.05, 0.1) is 17.9 Å². The van der Waals surface area contributed by atoms with Crippen LogP contribution in [0.15, 0.2) is 62.9 Å². The molecule has 1 amide bonds. The van der Waals surface area contributed by atoms with Gasteiger partial charge in [0.25, 0.3) is 5.56 Å². The number of para-hydroxylation sites is 1. The minimum absolute atomic E-state index is 0.0411. The Bertz CT molecular complexity index is 1470. The van der Waals surface area contributed by atoms with Gasteiger partial charge in [-0.05, 0) is 50.1 Å². The van der Waals surface area contributed by atoms with Crippen LogP contribution in [-0.4, -0.2) is 33.8 Å². The molecule has 8 nitrogen and oxygen atoms in total. The number of amides is 1. The second-order valence-corrected chi connectivity index (χ2v) is 9.36. The van der Waals surface area contributed by atoms with E-state index in [0.717, 1.165) is 31.1 Å². The normalized spacial score (nSPS) is 14.0. The SMILES string of the molecule is CCOC(=O)c1cccc(NC(=O)CSc2nc3c(oc4ccccc43)c(=O)n2C2CCCC2)c1. The zero-order valence-electron chi connectivity index (χ0n) is 19.3. The molecule has 2 aromatic heterocycles. The van der Waals surface area contributed by atoms with Gasteiger partial charge in [0.1, 0.15) is 11.1 Å². The minimum Gasteiger partial charge on any atom is -0.462 e. The third kappa shape index (κ3) is 4.68. The number of hydrogen-bond acceptors (Lipinski definition) is 7. The molecule has 1 aliphatic rings. The highest BCUT2D eigenvalue weighted by Crippen LogP contribution is 2.34. The Morgan fingerprint density at radius 2 is 1.97 bits per heavy atom. The first-order valence-electron chi connectivity index (χ1n) is 11.7. The van der Waals surface area contributed by atoms with Crippen molar-refractivity contribution in [1.82, 2.24) is 9.55 Å². The lowest BCUT2D eigenvalue weighted by Crippen LogP contribution is -2.26. The predicted molar refractivity (Wildman–Crippen MR) is 135 cm³/mol. The van der Waals surface area contributed by atoms with Gasteiger partial charge >= 0.3 is 5.97 Å². The molecule has 0 atom stereocenters. The van der Waals surface area contributed by atoms with Crippen LogP contribution in [0.1, 0.15) is 49.0 Å². The number of ether oxygens (including phenoxy) is 1. The average molecular weight is 492 g/mol. The highest BCUT2D eigenvalue weighted by molar-refractivity contribution is 7.99. The van der Waals surface area contributed by atoms with Crippen molar-refractivity contribution in [3.63, 3.8) is 0 Å². The summed E-state index contributed by atoms with van der Waals surface area (Å²) in [6, 6.07) is 14.1. The summed E-state index contributed by atoms with van der Waals surface area (Å²) in [7, 11) is 0. The smallest absolute Gasteiger partial charge is 0.338 e. The summed E-state index contributed by atoms with van der Waals surface area (Å²) in [4.78, 5) is 43.0. The van der Waals surface area contributed by atoms with Crippen molar-refractivity contribution in [3.8, 4) is 0 Å². The number of aromatic nitrogens is 2. The topological polar surface area (TPSA) is 103 Å². The Kier molecular flexibility index (Phi) is 6.59. The van der Waals surface area contributed by atoms with E-state index in [1.165, 1.54) is 11.8 Å². The van der Waals surface area contributed by atoms with Gasteiger partial charge in [0, 0.05) is 17.1 Å². The van der Waals surface area contributed by atoms with Crippen molar-refractivity contribution < 1.29 is 18.7 Å². The fraction of sp³-hybridized carbons (Fsp3) is 0.308. The second kappa shape index (κ2) is 9.95. The molecule has 5 rings (SSSR count). The van der Waals surface area contributed by atoms with Crippen molar-refractivity contribution >= 4 is 51.4 Å². The van der Waals surface area contributed by atoms with Crippen LogP contribution < -0.4 is 10.9 Å². The molecule has 9 heteroatoms. The van der Waals surface area contributed by atoms with Crippen molar-refractivity contribution in [2.75, 3.05) is 17.7 Å². The van der Waals surface area contributed by atoms with Crippen LogP contribution in [0, 0.1) is 0 Å². The Balaban J connectivity index is 1.41. The van der Waals surface area contributed by atoms with Crippen molar-refractivity contribution in [2.45, 2.75) is 43.8 Å². The van der Waals surface area contributed by atoms with E-state index in [4.69, 9.17) is 14.1 Å². The Labute approximate surface area is 205 Å². The van der Waals surface area contributed by atoms with Crippen molar-refractivity contribution in [3.05, 3.63) is 64.4 Å². The van der Waals surface area contributed by atoms with Gasteiger partial charge in [-0.1, -0.05) is 42.8 Å². The van der Waals surface area contributed by atoms with E-state index in [2.05, 4.69) is 5.32 Å². The molecule has 0 radical (unpaired) electrons. The van der Waals surface area contributed by atoms with E-state index in [-0.39, 0.29) is 35.5 Å². The number of esters is 1. The summed E-state index contributed by atoms with van der Waals surface area (Å²) < 4.78 is 12.6. The van der Waals surface area contributed by atoms with Crippen LogP contribution in [0.5, 0.6) is 0 Å². The van der Waals surface area contributed by atoms with Crippen LogP contribution >= 0.6 is 11.8 Å². The first-order valence-corrected chi connectivity index (χ1v) is 12.7. The summed E-state index contributed by atoms with van der Waals surface area (Å²) in [6.07, 6.45) is 3.90. The van der Waals surface area contributed by atoms with Crippen LogP contribution in [0.3, 0.4) is 0 Å². The number of anilines is 1. The summed E-state index contributed by atoms with van der Waals surface area (Å²) in [6.45, 7) is 2.02. The number of rotatable bonds is 7. The second-order valence-electron chi connectivity index (χ2n) is 8.42. The lowest BCUT2D eigenvalue weighted by atomic mass is 10.2. The van der Waals surface area contributed by atoms with Gasteiger partial charge < -0.3 is 14.5 Å². The maximum Gasteiger partial charge on any atom is 0.338 e. The molecule has 1 saturated carbocycles. The van der Waals surface area contributed by atoms with Gasteiger partial charge in [-0.3, -0.25) is 14.2 Å². The van der Waals surface area contributed by atoms with Crippen molar-refractivity contribution in [1.29, 1.82) is 0 Å². The number of nitrogens with one attached hydrogen (secondary N) is 1. The van der Waals surface area contributed by atoms with Gasteiger partial charge in [0.15, 0.2) is 5.16 Å². The van der Waals surface area contributed by atoms with Crippen LogP contribution in [0.25, 0.3) is 22.1 Å². The largest absolute Gasteiger partial charge is 0.462 e. The molecule has 0 unspecified atom stereocenters. The zero-order chi connectivity index (χ0) is 24.4. The van der Waals surface area contributed by atoms with E-state index >= 15 is 0 Å². The lowest BCUT2D eigenvalue weighted by Gasteiger charge is -2.17. The number of thioether (sulfide) groups is 1. The Morgan fingerprint density at radius 1 is 1.17 bits per heavy atom. The first kappa shape index (κ1) is 23.2. The summed E-state index contributed by atoms with van der Waals surface area (Å²) in [5.74, 6) is -0.645. The summed E-state index contributed by atoms with van der Waals surface area (Å²) in [5, 5.41) is 4.10. The number of hydrogen-bond donors (Lipinski definition) is 1. The lowest BCUT2D eigenvalue weighted by molar-refractivity contribution is -0.113. The van der Waals surface area contributed by atoms with E-state index in [0.29, 0.717) is 27.5 Å². The maximum absolute atomic E-state index is 13.5. The molecule has 35 heavy (non-hydrogen) atoms. The number of carbonyl (C=O) groups excluding carboxylic acids is 2. The van der Waals surface area contributed by atoms with Gasteiger partial charge in [-0.25, -0.2) is 9.78 Å². The molecule has 180 valence electrons. The zero-order valence-corrected chi connectivity index (χ0v) is 20.1. The fourth-order valence-electron chi connectivity index (χ4n) is 4.49. The highest BCUT2D eigenvalue weighted by Gasteiger charge is 2.25. The molecule has 2 aromatic carbocycles. The molecule has 0 aliphatic heterocycles. The van der Waals surface area contributed by atoms with Gasteiger partial charge in [-0.2, -0.15) is 0 Å². The third-order valence-corrected chi connectivity index (χ3v) is 7.03. The van der Waals surface area contributed by atoms with E-state index in [9.17, 15) is 14.4 Å². The van der Waals surface area contributed by atoms with Crippen LogP contribution in [0.2, 0.25) is 0 Å². The maximum atomic E-state index is 13.5. The molecule has 2 heterocycles. The van der Waals surface area contributed by atoms with E-state index in [1.54, 1.807) is 35.8 Å². The summed E-state index contributed by atoms with van der Waals surface area (Å²) in [5.41, 5.74) is 2.05. The molecule has 0 spiro atoms. The first-order chi connectivity index (χ1) is 17.0. The Hall–Kier alpha value is -3.59. The average Bonchev–Trinajstić information content (AvgIpc) is 3.52. The van der Waals surface area contributed by atoms with Gasteiger partial charge in [0.2, 0.25) is 11.5 Å². The van der Waals surface area contributed by atoms with Gasteiger partial charge in [-0.15, -0.1) is 0 Å². The molecule has 1 aliphatic carbocycles. The Morgan fingerprint density at radius 3 is 2.77 bits per heavy atom. The molecular formula is C26H25N3O5S. The monoisotopic (exact) mass is 491 g/mol. The number of carbonyl (C=O) groups is 2. The third-order valence-electron chi connectivity index (χ3n) is 6.08. The number of fused-ring (bicyclic) bond motifs is 3. The molecular weight excluding hydrogens is 466 g/mol. The summed E-state index contributed by atoms with van der Waals surface area (Å²) >= 11 is 1.23. The van der Waals surface area contributed by atoms with Crippen LogP contribution in [-0.2, 0) is 9.53 Å². The molecule has 0 saturated heterocycles. The molecule has 0 bridgehead atoms. The predicted octanol–water partition coefficient (Wildman–Crippen LogP) is 5.17. The molecule has 4 aromatic rings. The van der Waals surface area contributed by atoms with E-state index in [1.807, 2.05) is 24.3 Å². The number of nitrogens with zero attached hydrogens (tertiary/aromatic N) is 2. The number of benzene rings is 2. The molecule has 1 N–H and O–H groups in total. The quantitative estimate of drug-likeness (QED) is 0.216. The number of furan rings is 1. The molecule has 1 fully saturated rings. The minimum atomic E-state index is -0.441.